The maximum atomic E-state index is 13.4. The van der Waals surface area contributed by atoms with E-state index in [0.29, 0.717) is 28.5 Å². The molecule has 4 unspecified atom stereocenters. The summed E-state index contributed by atoms with van der Waals surface area (Å²) >= 11 is 1.67. The third-order valence-electron chi connectivity index (χ3n) is 9.49. The minimum absolute atomic E-state index is 0. The van der Waals surface area contributed by atoms with Gasteiger partial charge in [0.25, 0.3) is 0 Å². The van der Waals surface area contributed by atoms with Crippen molar-refractivity contribution in [1.29, 1.82) is 4.35 Å². The number of hydrogen-bond donors (Lipinski definition) is 3. The Hall–Kier alpha value is -4.18. The van der Waals surface area contributed by atoms with Crippen LogP contribution >= 0.6 is 15.2 Å². The van der Waals surface area contributed by atoms with E-state index in [9.17, 15) is 28.9 Å². The maximum absolute atomic E-state index is 13.4. The first-order valence-corrected chi connectivity index (χ1v) is 23.3. The molecule has 1 fully saturated rings. The number of aliphatic hydroxyl groups is 2. The van der Waals surface area contributed by atoms with Crippen molar-refractivity contribution in [3.63, 3.8) is 0 Å². The number of fused-ring (bicyclic) bond motifs is 6. The zero-order valence-corrected chi connectivity index (χ0v) is 38.3. The summed E-state index contributed by atoms with van der Waals surface area (Å²) in [5.41, 5.74) is 2.81. The fraction of sp³-hybridized carbons (Fsp3) is 0.364. The molecule has 3 aliphatic heterocycles. The second kappa shape index (κ2) is 24.6. The van der Waals surface area contributed by atoms with E-state index in [1.54, 1.807) is 78.5 Å². The third kappa shape index (κ3) is 13.9. The van der Waals surface area contributed by atoms with Crippen molar-refractivity contribution in [2.45, 2.75) is 59.2 Å². The van der Waals surface area contributed by atoms with Gasteiger partial charge in [0.05, 0.1) is 29.2 Å². The average Bonchev–Trinajstić information content (AvgIpc) is 3.88. The van der Waals surface area contributed by atoms with Crippen molar-refractivity contribution < 1.29 is 61.2 Å². The number of ether oxygens (including phenoxy) is 3. The van der Waals surface area contributed by atoms with Crippen LogP contribution in [0.2, 0.25) is 0 Å². The Labute approximate surface area is 373 Å². The molecule has 18 heteroatoms. The van der Waals surface area contributed by atoms with Crippen LogP contribution in [-0.2, 0) is 42.0 Å². The molecule has 0 aliphatic carbocycles. The predicted molar refractivity (Wildman–Crippen MR) is 238 cm³/mol. The topological polar surface area (TPSA) is 197 Å². The van der Waals surface area contributed by atoms with Crippen molar-refractivity contribution in [2.24, 2.45) is 5.41 Å². The minimum atomic E-state index is -3.68. The molecule has 0 amide bonds. The number of hydrogen-bond acceptors (Lipinski definition) is 14. The fourth-order valence-electron chi connectivity index (χ4n) is 5.75. The van der Waals surface area contributed by atoms with Crippen molar-refractivity contribution >= 4 is 62.2 Å². The molecule has 0 aromatic heterocycles. The number of esters is 2. The van der Waals surface area contributed by atoms with Crippen molar-refractivity contribution in [3.05, 3.63) is 109 Å². The van der Waals surface area contributed by atoms with Gasteiger partial charge in [0, 0.05) is 49.5 Å². The summed E-state index contributed by atoms with van der Waals surface area (Å²) in [5, 5.41) is 21.0. The monoisotopic (exact) mass is 903 g/mol. The van der Waals surface area contributed by atoms with Crippen LogP contribution in [0.3, 0.4) is 0 Å². The van der Waals surface area contributed by atoms with Gasteiger partial charge in [-0.25, -0.2) is 13.9 Å². The number of para-hydroxylation sites is 2. The molecule has 62 heavy (non-hydrogen) atoms. The van der Waals surface area contributed by atoms with E-state index in [-0.39, 0.29) is 40.4 Å². The van der Waals surface area contributed by atoms with Gasteiger partial charge < -0.3 is 33.5 Å². The van der Waals surface area contributed by atoms with E-state index in [4.69, 9.17) is 36.7 Å². The molecule has 14 nitrogen and oxygen atoms in total. The molecule has 0 spiro atoms. The Bertz CT molecular complexity index is 2210. The first kappa shape index (κ1) is 52.2. The van der Waals surface area contributed by atoms with Gasteiger partial charge in [0.15, 0.2) is 0 Å². The van der Waals surface area contributed by atoms with Crippen LogP contribution in [0.25, 0.3) is 22.3 Å². The standard InChI is InChI=1S/C21H25O6P.C19H19O6P.C4H8O.Al.B.HN/c1-4-21(2,3)20(23)25-13-15(22)14-26-28(24)19-12-8-6-10-17(19)16-9-5-7-11-18(16)27-28;1-13(2)19(21)23-11-14(20)12-24-26(22)18-10-6-4-8-16(18)15-7-3-5-9-17(15)25-26;1-2-4-5-3-1;;;/h5-12,15,22H,4,13-14H2,1-3H3;3-10,14,20H,1,11-12H2,2H3;1-4H2;;;1H. The van der Waals surface area contributed by atoms with Crippen LogP contribution in [0.15, 0.2) is 109 Å². The molecule has 3 heterocycles. The quantitative estimate of drug-likeness (QED) is 0.0523. The number of rotatable bonds is 13. The van der Waals surface area contributed by atoms with Crippen LogP contribution in [-0.4, -0.2) is 98.5 Å². The van der Waals surface area contributed by atoms with Crippen molar-refractivity contribution in [2.75, 3.05) is 39.6 Å². The zero-order chi connectivity index (χ0) is 44.6. The van der Waals surface area contributed by atoms with Gasteiger partial charge in [-0.2, -0.15) is 0 Å². The average molecular weight is 904 g/mol. The van der Waals surface area contributed by atoms with Crippen LogP contribution in [0.1, 0.15) is 47.0 Å². The summed E-state index contributed by atoms with van der Waals surface area (Å²) in [4.78, 5) is 23.4. The third-order valence-corrected chi connectivity index (χ3v) is 13.3. The summed E-state index contributed by atoms with van der Waals surface area (Å²) in [6.45, 7) is 11.3. The van der Waals surface area contributed by atoms with E-state index < -0.39 is 44.8 Å². The van der Waals surface area contributed by atoms with Gasteiger partial charge in [-0.1, -0.05) is 86.3 Å². The second-order valence-electron chi connectivity index (χ2n) is 14.6. The van der Waals surface area contributed by atoms with E-state index in [2.05, 4.69) is 6.58 Å². The Kier molecular flexibility index (Phi) is 20.7. The molecular formula is C44H53AlBNO13P2. The van der Waals surface area contributed by atoms with E-state index in [0.717, 1.165) is 35.5 Å². The number of carbonyl (C=O) groups excluding carboxylic acids is 2. The molecule has 7 rings (SSSR count). The molecule has 4 aromatic carbocycles. The number of nitrogens with one attached hydrogen (secondary N) is 1. The van der Waals surface area contributed by atoms with Crippen molar-refractivity contribution in [1.82, 2.24) is 0 Å². The molecule has 3 aliphatic rings. The number of aliphatic hydroxyl groups excluding tert-OH is 2. The predicted octanol–water partition coefficient (Wildman–Crippen LogP) is 7.32. The fourth-order valence-corrected chi connectivity index (χ4v) is 9.42. The van der Waals surface area contributed by atoms with Gasteiger partial charge in [0.2, 0.25) is 0 Å². The van der Waals surface area contributed by atoms with E-state index >= 15 is 0 Å². The van der Waals surface area contributed by atoms with Gasteiger partial charge >= 0.3 is 47.6 Å². The Morgan fingerprint density at radius 1 is 0.710 bits per heavy atom. The normalized spacial score (nSPS) is 18.5. The molecule has 4 radical (unpaired) electrons. The molecule has 4 atom stereocenters. The Morgan fingerprint density at radius 3 is 1.48 bits per heavy atom. The van der Waals surface area contributed by atoms with E-state index in [1.807, 2.05) is 55.5 Å². The molecule has 1 saturated heterocycles. The van der Waals surface area contributed by atoms with Crippen LogP contribution < -0.4 is 19.7 Å². The molecule has 4 aromatic rings. The molecule has 328 valence electrons. The van der Waals surface area contributed by atoms with Gasteiger partial charge in [-0.05, 0) is 64.3 Å². The number of carbonyl (C=O) groups is 2. The summed E-state index contributed by atoms with van der Waals surface area (Å²) < 4.78 is 69.7. The Morgan fingerprint density at radius 2 is 1.10 bits per heavy atom. The molecule has 0 bridgehead atoms. The van der Waals surface area contributed by atoms with Gasteiger partial charge in [-0.15, -0.1) is 0 Å². The molecule has 3 N–H and O–H groups in total. The second-order valence-corrected chi connectivity index (χ2v) is 18.5. The first-order valence-electron chi connectivity index (χ1n) is 19.7. The SMILES string of the molecule is C1CCOC1.C=C(C)C(=O)OCC(O)COP1(=O)Oc2ccccc2-c2ccccc21.CCC(C)(C)C(=O)OCC(O)COP1(=O)Oc2ccccc2-c2ccccc21.[B].[NH]=[Al]. The Balaban J connectivity index is 0.000000282. The van der Waals surface area contributed by atoms with E-state index in [1.165, 1.54) is 19.8 Å². The molecule has 0 saturated carbocycles. The first-order chi connectivity index (χ1) is 29.2. The van der Waals surface area contributed by atoms with Gasteiger partial charge in [0.1, 0.15) is 36.9 Å². The molecular weight excluding hydrogens is 850 g/mol. The van der Waals surface area contributed by atoms with Crippen molar-refractivity contribution in [3.8, 4) is 33.8 Å². The summed E-state index contributed by atoms with van der Waals surface area (Å²) in [6.07, 6.45) is 0.921. The number of benzene rings is 4. The zero-order valence-electron chi connectivity index (χ0n) is 35.4. The summed E-state index contributed by atoms with van der Waals surface area (Å²) in [7, 11) is -7.35. The van der Waals surface area contributed by atoms with Gasteiger partial charge in [-0.3, -0.25) is 13.8 Å². The summed E-state index contributed by atoms with van der Waals surface area (Å²) in [5.74, 6) is -0.0781. The van der Waals surface area contributed by atoms with Crippen LogP contribution in [0.5, 0.6) is 11.5 Å². The van der Waals surface area contributed by atoms with Crippen LogP contribution in [0.4, 0.5) is 0 Å². The summed E-state index contributed by atoms with van der Waals surface area (Å²) in [6, 6.07) is 28.8. The van der Waals surface area contributed by atoms with Crippen LogP contribution in [0, 0.1) is 9.76 Å².